The fourth-order valence-electron chi connectivity index (χ4n) is 3.74. The highest BCUT2D eigenvalue weighted by atomic mass is 31.2. The number of imidazole rings is 1. The standard InChI is InChI=1S/C20H25N6O8P/c1-32-20(29)12(7-11-5-3-2-4-6-11)25-35(30,31)33-8-13-15(27)16(28)19(34-13)26-10-24-14-17(21)22-9-23-18(14)26/h2-6,9-10,12-13,15-16,19,27-28H,7-8H2,1H3,(H2,21,22,23)(H2,25,30,31)/t12-,13+,15+,16+,19+/m0/s1. The van der Waals surface area contributed by atoms with Crippen LogP contribution in [-0.2, 0) is 29.8 Å². The van der Waals surface area contributed by atoms with Gasteiger partial charge in [0.2, 0.25) is 0 Å². The maximum Gasteiger partial charge on any atom is 0.403 e. The molecule has 0 aliphatic carbocycles. The van der Waals surface area contributed by atoms with Gasteiger partial charge in [-0.2, -0.15) is 0 Å². The van der Waals surface area contributed by atoms with Gasteiger partial charge in [0.05, 0.1) is 20.0 Å². The Balaban J connectivity index is 1.42. The van der Waals surface area contributed by atoms with Gasteiger partial charge in [0, 0.05) is 0 Å². The number of hydrogen-bond donors (Lipinski definition) is 5. The first-order chi connectivity index (χ1) is 16.7. The largest absolute Gasteiger partial charge is 0.468 e. The number of nitrogen functional groups attached to an aromatic ring is 1. The zero-order chi connectivity index (χ0) is 25.2. The van der Waals surface area contributed by atoms with E-state index in [-0.39, 0.29) is 23.4 Å². The zero-order valence-electron chi connectivity index (χ0n) is 18.5. The number of aromatic nitrogens is 4. The molecular weight excluding hydrogens is 483 g/mol. The first kappa shape index (κ1) is 25.1. The first-order valence-corrected chi connectivity index (χ1v) is 12.1. The van der Waals surface area contributed by atoms with Gasteiger partial charge in [-0.25, -0.2) is 24.6 Å². The van der Waals surface area contributed by atoms with Crippen LogP contribution in [0.4, 0.5) is 5.82 Å². The third-order valence-electron chi connectivity index (χ3n) is 5.50. The highest BCUT2D eigenvalue weighted by Gasteiger charge is 2.45. The van der Waals surface area contributed by atoms with Crippen molar-refractivity contribution in [1.82, 2.24) is 24.6 Å². The summed E-state index contributed by atoms with van der Waals surface area (Å²) >= 11 is 0. The topological polar surface area (TPSA) is 204 Å². The molecule has 3 aromatic rings. The van der Waals surface area contributed by atoms with E-state index in [9.17, 15) is 24.5 Å². The molecule has 188 valence electrons. The molecule has 1 unspecified atom stereocenters. The van der Waals surface area contributed by atoms with Gasteiger partial charge in [-0.15, -0.1) is 0 Å². The molecular formula is C20H25N6O8P. The number of nitrogens with two attached hydrogens (primary N) is 1. The zero-order valence-corrected chi connectivity index (χ0v) is 19.4. The number of methoxy groups -OCH3 is 1. The van der Waals surface area contributed by atoms with Crippen molar-refractivity contribution in [1.29, 1.82) is 0 Å². The van der Waals surface area contributed by atoms with E-state index in [1.165, 1.54) is 17.2 Å². The number of nitrogens with zero attached hydrogens (tertiary/aromatic N) is 4. The van der Waals surface area contributed by atoms with Crippen LogP contribution in [0.1, 0.15) is 11.8 Å². The Morgan fingerprint density at radius 1 is 1.26 bits per heavy atom. The van der Waals surface area contributed by atoms with Crippen molar-refractivity contribution >= 4 is 30.7 Å². The average Bonchev–Trinajstić information content (AvgIpc) is 3.39. The number of benzene rings is 1. The lowest BCUT2D eigenvalue weighted by molar-refractivity contribution is -0.142. The minimum Gasteiger partial charge on any atom is -0.468 e. The molecule has 1 saturated heterocycles. The van der Waals surface area contributed by atoms with E-state index in [1.54, 1.807) is 30.3 Å². The molecule has 2 aromatic heterocycles. The van der Waals surface area contributed by atoms with Gasteiger partial charge >= 0.3 is 13.7 Å². The lowest BCUT2D eigenvalue weighted by Gasteiger charge is -2.22. The molecule has 1 aliphatic rings. The minimum absolute atomic E-state index is 0.0729. The summed E-state index contributed by atoms with van der Waals surface area (Å²) in [5.74, 6) is -0.628. The van der Waals surface area contributed by atoms with E-state index in [0.29, 0.717) is 0 Å². The smallest absolute Gasteiger partial charge is 0.403 e. The van der Waals surface area contributed by atoms with Crippen molar-refractivity contribution in [2.45, 2.75) is 37.0 Å². The highest BCUT2D eigenvalue weighted by molar-refractivity contribution is 7.50. The Kier molecular flexibility index (Phi) is 7.42. The quantitative estimate of drug-likeness (QED) is 0.183. The van der Waals surface area contributed by atoms with E-state index in [1.807, 2.05) is 0 Å². The van der Waals surface area contributed by atoms with Gasteiger partial charge < -0.3 is 30.3 Å². The Morgan fingerprint density at radius 2 is 2.00 bits per heavy atom. The Labute approximate surface area is 199 Å². The van der Waals surface area contributed by atoms with Crippen molar-refractivity contribution in [3.63, 3.8) is 0 Å². The van der Waals surface area contributed by atoms with E-state index in [4.69, 9.17) is 19.7 Å². The molecule has 0 bridgehead atoms. The van der Waals surface area contributed by atoms with E-state index < -0.39 is 50.9 Å². The summed E-state index contributed by atoms with van der Waals surface area (Å²) in [5.41, 5.74) is 7.06. The van der Waals surface area contributed by atoms with Gasteiger partial charge in [-0.1, -0.05) is 30.3 Å². The predicted molar refractivity (Wildman–Crippen MR) is 121 cm³/mol. The summed E-state index contributed by atoms with van der Waals surface area (Å²) in [4.78, 5) is 34.5. The normalized spacial score (nSPS) is 24.8. The number of anilines is 1. The second kappa shape index (κ2) is 10.3. The number of hydrogen-bond acceptors (Lipinski definition) is 11. The first-order valence-electron chi connectivity index (χ1n) is 10.5. The van der Waals surface area contributed by atoms with Crippen LogP contribution in [0.15, 0.2) is 43.0 Å². The summed E-state index contributed by atoms with van der Waals surface area (Å²) in [6.45, 7) is -0.571. The molecule has 0 spiro atoms. The van der Waals surface area contributed by atoms with Gasteiger partial charge in [0.15, 0.2) is 17.7 Å². The molecule has 0 amide bonds. The van der Waals surface area contributed by atoms with Crippen molar-refractivity contribution in [3.05, 3.63) is 48.5 Å². The molecule has 1 fully saturated rings. The molecule has 1 aromatic carbocycles. The van der Waals surface area contributed by atoms with Gasteiger partial charge in [0.25, 0.3) is 0 Å². The van der Waals surface area contributed by atoms with Crippen molar-refractivity contribution in [2.24, 2.45) is 0 Å². The van der Waals surface area contributed by atoms with Gasteiger partial charge in [-0.3, -0.25) is 13.9 Å². The van der Waals surface area contributed by atoms with E-state index in [0.717, 1.165) is 12.7 Å². The molecule has 14 nitrogen and oxygen atoms in total. The number of ether oxygens (including phenoxy) is 2. The minimum atomic E-state index is -4.56. The summed E-state index contributed by atoms with van der Waals surface area (Å²) in [6.07, 6.45) is -2.58. The van der Waals surface area contributed by atoms with Crippen LogP contribution in [-0.4, -0.2) is 78.7 Å². The molecule has 35 heavy (non-hydrogen) atoms. The average molecular weight is 508 g/mol. The SMILES string of the molecule is COC(=O)[C@H](Cc1ccccc1)NP(=O)(O)OC[C@H]1O[C@@H](n2cnc3c(N)ncnc32)[C@H](O)[C@@H]1O. The fraction of sp³-hybridized carbons (Fsp3) is 0.400. The van der Waals surface area contributed by atoms with Crippen molar-refractivity contribution < 1.29 is 38.5 Å². The number of carbonyl (C=O) groups excluding carboxylic acids is 1. The number of nitrogens with one attached hydrogen (secondary N) is 1. The third kappa shape index (κ3) is 5.49. The Bertz CT molecular complexity index is 1230. The van der Waals surface area contributed by atoms with Crippen LogP contribution in [0.25, 0.3) is 11.2 Å². The molecule has 15 heteroatoms. The van der Waals surface area contributed by atoms with E-state index in [2.05, 4.69) is 20.0 Å². The van der Waals surface area contributed by atoms with Crippen LogP contribution >= 0.6 is 7.75 Å². The van der Waals surface area contributed by atoms with Gasteiger partial charge in [0.1, 0.15) is 36.2 Å². The molecule has 0 saturated carbocycles. The van der Waals surface area contributed by atoms with Crippen LogP contribution in [0.5, 0.6) is 0 Å². The van der Waals surface area contributed by atoms with Crippen molar-refractivity contribution in [2.75, 3.05) is 19.5 Å². The molecule has 6 atom stereocenters. The van der Waals surface area contributed by atoms with Crippen LogP contribution in [0, 0.1) is 0 Å². The second-order valence-corrected chi connectivity index (χ2v) is 9.40. The van der Waals surface area contributed by atoms with Crippen LogP contribution in [0.2, 0.25) is 0 Å². The number of rotatable bonds is 9. The number of esters is 1. The number of aliphatic hydroxyl groups is 2. The molecule has 3 heterocycles. The maximum absolute atomic E-state index is 12.7. The summed E-state index contributed by atoms with van der Waals surface area (Å²) in [5, 5.41) is 23.2. The highest BCUT2D eigenvalue weighted by Crippen LogP contribution is 2.40. The summed E-state index contributed by atoms with van der Waals surface area (Å²) in [7, 11) is -3.40. The number of aliphatic hydroxyl groups excluding tert-OH is 2. The maximum atomic E-state index is 12.7. The fourth-order valence-corrected chi connectivity index (χ4v) is 4.75. The van der Waals surface area contributed by atoms with E-state index >= 15 is 0 Å². The van der Waals surface area contributed by atoms with Gasteiger partial charge in [-0.05, 0) is 12.0 Å². The summed E-state index contributed by atoms with van der Waals surface area (Å²) < 4.78 is 29.5. The third-order valence-corrected chi connectivity index (χ3v) is 6.64. The predicted octanol–water partition coefficient (Wildman–Crippen LogP) is -0.481. The Hall–Kier alpha value is -2.97. The number of fused-ring (bicyclic) bond motifs is 1. The lowest BCUT2D eigenvalue weighted by Crippen LogP contribution is -2.39. The van der Waals surface area contributed by atoms with Crippen LogP contribution < -0.4 is 10.8 Å². The molecule has 6 N–H and O–H groups in total. The molecule has 4 rings (SSSR count). The Morgan fingerprint density at radius 3 is 2.71 bits per heavy atom. The summed E-state index contributed by atoms with van der Waals surface area (Å²) in [6, 6.07) is 7.67. The molecule has 0 radical (unpaired) electrons. The monoisotopic (exact) mass is 508 g/mol. The van der Waals surface area contributed by atoms with Crippen LogP contribution in [0.3, 0.4) is 0 Å². The molecule has 1 aliphatic heterocycles. The second-order valence-electron chi connectivity index (χ2n) is 7.84. The lowest BCUT2D eigenvalue weighted by atomic mass is 10.1. The number of carbonyl (C=O) groups is 1. The van der Waals surface area contributed by atoms with Crippen molar-refractivity contribution in [3.8, 4) is 0 Å².